The number of H-pyrrole nitrogens is 1. The number of nitrogens with zero attached hydrogens (tertiary/aromatic N) is 6. The minimum atomic E-state index is -0.539. The fourth-order valence-electron chi connectivity index (χ4n) is 2.91. The standard InChI is InChI=1S/C20H17N9O5S/c1-10-5-13(14(29(32)33)6-11(10)2)15-4-3-12(34-15)8-22-25-16(30)7-17-26-28-20(35-17)24-19(31)18-21-9-23-27-18/h3-6,8-9H,7H2,1-2H3,(H,25,30)(H,21,23,27)(H,24,28,31). The van der Waals surface area contributed by atoms with E-state index in [4.69, 9.17) is 4.42 Å². The van der Waals surface area contributed by atoms with Gasteiger partial charge >= 0.3 is 0 Å². The number of hydrogen-bond donors (Lipinski definition) is 3. The average Bonchev–Trinajstić information content (AvgIpc) is 3.58. The maximum atomic E-state index is 12.1. The highest BCUT2D eigenvalue weighted by Crippen LogP contribution is 2.33. The maximum absolute atomic E-state index is 12.1. The summed E-state index contributed by atoms with van der Waals surface area (Å²) in [5.74, 6) is -0.394. The molecule has 0 radical (unpaired) electrons. The number of hydrogen-bond acceptors (Lipinski definition) is 11. The molecule has 0 atom stereocenters. The first-order valence-electron chi connectivity index (χ1n) is 9.97. The Morgan fingerprint density at radius 1 is 1.26 bits per heavy atom. The summed E-state index contributed by atoms with van der Waals surface area (Å²) in [5, 5.41) is 32.0. The number of anilines is 1. The maximum Gasteiger partial charge on any atom is 0.294 e. The summed E-state index contributed by atoms with van der Waals surface area (Å²) < 4.78 is 5.65. The molecular weight excluding hydrogens is 478 g/mol. The minimum Gasteiger partial charge on any atom is -0.455 e. The molecule has 4 rings (SSSR count). The molecule has 0 saturated heterocycles. The summed E-state index contributed by atoms with van der Waals surface area (Å²) in [4.78, 5) is 38.7. The molecule has 3 heterocycles. The number of aromatic amines is 1. The molecule has 4 aromatic rings. The van der Waals surface area contributed by atoms with Crippen molar-refractivity contribution >= 4 is 40.2 Å². The van der Waals surface area contributed by atoms with Crippen LogP contribution in [0.25, 0.3) is 11.3 Å². The Labute approximate surface area is 200 Å². The number of aryl methyl sites for hydroxylation is 2. The molecule has 0 aliphatic heterocycles. The first-order valence-corrected chi connectivity index (χ1v) is 10.8. The van der Waals surface area contributed by atoms with Crippen LogP contribution in [0.5, 0.6) is 0 Å². The van der Waals surface area contributed by atoms with Gasteiger partial charge in [-0.25, -0.2) is 10.4 Å². The predicted octanol–water partition coefficient (Wildman–Crippen LogP) is 2.39. The Morgan fingerprint density at radius 3 is 2.80 bits per heavy atom. The second-order valence-electron chi connectivity index (χ2n) is 7.17. The normalized spacial score (nSPS) is 11.0. The third-order valence-electron chi connectivity index (χ3n) is 4.71. The third kappa shape index (κ3) is 5.59. The number of nitrogens with one attached hydrogen (secondary N) is 3. The Hall–Kier alpha value is -4.79. The van der Waals surface area contributed by atoms with Gasteiger partial charge in [0, 0.05) is 6.07 Å². The zero-order chi connectivity index (χ0) is 24.9. The Kier molecular flexibility index (Phi) is 6.68. The molecule has 0 unspecified atom stereocenters. The van der Waals surface area contributed by atoms with Crippen LogP contribution < -0.4 is 10.7 Å². The van der Waals surface area contributed by atoms with Gasteiger partial charge in [-0.1, -0.05) is 11.3 Å². The predicted molar refractivity (Wildman–Crippen MR) is 124 cm³/mol. The van der Waals surface area contributed by atoms with Gasteiger partial charge in [0.15, 0.2) is 0 Å². The van der Waals surface area contributed by atoms with E-state index in [2.05, 4.69) is 41.2 Å². The van der Waals surface area contributed by atoms with Crippen LogP contribution in [0, 0.1) is 24.0 Å². The largest absolute Gasteiger partial charge is 0.455 e. The minimum absolute atomic E-state index is 0.0158. The molecule has 0 aliphatic carbocycles. The van der Waals surface area contributed by atoms with E-state index < -0.39 is 16.7 Å². The monoisotopic (exact) mass is 495 g/mol. The summed E-state index contributed by atoms with van der Waals surface area (Å²) in [7, 11) is 0. The molecule has 0 spiro atoms. The molecule has 0 bridgehead atoms. The van der Waals surface area contributed by atoms with Crippen molar-refractivity contribution in [2.75, 3.05) is 5.32 Å². The van der Waals surface area contributed by atoms with E-state index in [0.717, 1.165) is 22.5 Å². The molecule has 14 nitrogen and oxygen atoms in total. The van der Waals surface area contributed by atoms with Crippen molar-refractivity contribution < 1.29 is 18.9 Å². The summed E-state index contributed by atoms with van der Waals surface area (Å²) in [6, 6.07) is 6.37. The second-order valence-corrected chi connectivity index (χ2v) is 8.23. The molecule has 3 aromatic heterocycles. The van der Waals surface area contributed by atoms with Gasteiger partial charge in [0.05, 0.1) is 23.1 Å². The molecule has 15 heteroatoms. The summed E-state index contributed by atoms with van der Waals surface area (Å²) >= 11 is 1.02. The van der Waals surface area contributed by atoms with Crippen LogP contribution in [0.15, 0.2) is 40.1 Å². The zero-order valence-corrected chi connectivity index (χ0v) is 19.1. The SMILES string of the molecule is Cc1cc(-c2ccc(C=NNC(=O)Cc3nnc(NC(=O)c4ncn[nH]4)s3)o2)c([N+](=O)[O-])cc1C. The number of nitro groups is 1. The van der Waals surface area contributed by atoms with Gasteiger partial charge in [-0.3, -0.25) is 30.1 Å². The number of aromatic nitrogens is 5. The van der Waals surface area contributed by atoms with Gasteiger partial charge in [0.25, 0.3) is 11.6 Å². The van der Waals surface area contributed by atoms with Crippen molar-refractivity contribution in [1.82, 2.24) is 30.8 Å². The molecular formula is C20H17N9O5S. The number of nitro benzene ring substituents is 1. The lowest BCUT2D eigenvalue weighted by Crippen LogP contribution is -2.19. The van der Waals surface area contributed by atoms with Crippen LogP contribution in [0.4, 0.5) is 10.8 Å². The lowest BCUT2D eigenvalue weighted by molar-refractivity contribution is -0.384. The molecule has 3 N–H and O–H groups in total. The third-order valence-corrected chi connectivity index (χ3v) is 5.55. The summed E-state index contributed by atoms with van der Waals surface area (Å²) in [5.41, 5.74) is 4.32. The van der Waals surface area contributed by atoms with Gasteiger partial charge < -0.3 is 4.42 Å². The summed E-state index contributed by atoms with van der Waals surface area (Å²) in [6.07, 6.45) is 2.35. The number of rotatable bonds is 8. The number of benzene rings is 1. The van der Waals surface area contributed by atoms with Crippen molar-refractivity contribution in [3.05, 3.63) is 68.4 Å². The van der Waals surface area contributed by atoms with Crippen LogP contribution >= 0.6 is 11.3 Å². The van der Waals surface area contributed by atoms with E-state index in [1.807, 2.05) is 6.92 Å². The fourth-order valence-corrected chi connectivity index (χ4v) is 3.64. The topological polar surface area (TPSA) is 194 Å². The number of furan rings is 1. The lowest BCUT2D eigenvalue weighted by Gasteiger charge is -2.04. The van der Waals surface area contributed by atoms with E-state index in [1.165, 1.54) is 18.6 Å². The van der Waals surface area contributed by atoms with Crippen molar-refractivity contribution in [3.63, 3.8) is 0 Å². The molecule has 0 fully saturated rings. The molecule has 1 aromatic carbocycles. The van der Waals surface area contributed by atoms with Crippen molar-refractivity contribution in [2.24, 2.45) is 5.10 Å². The quantitative estimate of drug-likeness (QED) is 0.187. The number of carbonyl (C=O) groups excluding carboxylic acids is 2. The Balaban J connectivity index is 1.34. The van der Waals surface area contributed by atoms with E-state index in [0.29, 0.717) is 22.1 Å². The molecule has 2 amide bonds. The van der Waals surface area contributed by atoms with E-state index in [-0.39, 0.29) is 23.1 Å². The highest BCUT2D eigenvalue weighted by Gasteiger charge is 2.19. The zero-order valence-electron chi connectivity index (χ0n) is 18.3. The first-order chi connectivity index (χ1) is 16.8. The van der Waals surface area contributed by atoms with Crippen molar-refractivity contribution in [1.29, 1.82) is 0 Å². The first kappa shape index (κ1) is 23.4. The number of carbonyl (C=O) groups is 2. The molecule has 35 heavy (non-hydrogen) atoms. The highest BCUT2D eigenvalue weighted by molar-refractivity contribution is 7.15. The van der Waals surface area contributed by atoms with Crippen LogP contribution in [0.2, 0.25) is 0 Å². The molecule has 178 valence electrons. The van der Waals surface area contributed by atoms with E-state index in [9.17, 15) is 19.7 Å². The lowest BCUT2D eigenvalue weighted by atomic mass is 10.0. The van der Waals surface area contributed by atoms with Crippen LogP contribution in [-0.4, -0.2) is 48.3 Å². The highest BCUT2D eigenvalue weighted by atomic mass is 32.1. The average molecular weight is 495 g/mol. The fraction of sp³-hybridized carbons (Fsp3) is 0.150. The smallest absolute Gasteiger partial charge is 0.294 e. The second kappa shape index (κ2) is 10.0. The number of amides is 2. The van der Waals surface area contributed by atoms with Crippen molar-refractivity contribution in [2.45, 2.75) is 20.3 Å². The number of hydrazone groups is 1. The van der Waals surface area contributed by atoms with Gasteiger partial charge in [0.2, 0.25) is 16.9 Å². The van der Waals surface area contributed by atoms with Gasteiger partial charge in [-0.05, 0) is 43.2 Å². The van der Waals surface area contributed by atoms with E-state index >= 15 is 0 Å². The Morgan fingerprint density at radius 2 is 2.06 bits per heavy atom. The van der Waals surface area contributed by atoms with E-state index in [1.54, 1.807) is 25.1 Å². The van der Waals surface area contributed by atoms with Crippen molar-refractivity contribution in [3.8, 4) is 11.3 Å². The van der Waals surface area contributed by atoms with Crippen LogP contribution in [0.3, 0.4) is 0 Å². The Bertz CT molecular complexity index is 1420. The van der Waals surface area contributed by atoms with Gasteiger partial charge in [-0.2, -0.15) is 10.2 Å². The van der Waals surface area contributed by atoms with Gasteiger partial charge in [-0.15, -0.1) is 10.2 Å². The van der Waals surface area contributed by atoms with Gasteiger partial charge in [0.1, 0.15) is 22.9 Å². The van der Waals surface area contributed by atoms with Crippen LogP contribution in [-0.2, 0) is 11.2 Å². The molecule has 0 aliphatic rings. The van der Waals surface area contributed by atoms with Crippen LogP contribution in [0.1, 0.15) is 32.5 Å². The molecule has 0 saturated carbocycles. The summed E-state index contributed by atoms with van der Waals surface area (Å²) in [6.45, 7) is 3.65.